The topological polar surface area (TPSA) is 0 Å². The second kappa shape index (κ2) is 3.86. The Hall–Kier alpha value is -1.32. The highest BCUT2D eigenvalue weighted by atomic mass is 13.9. The normalized spacial score (nSPS) is 6.00. The highest BCUT2D eigenvalue weighted by molar-refractivity contribution is 5.24. The molecule has 0 heterocycles. The molecule has 0 amide bonds. The van der Waals surface area contributed by atoms with Gasteiger partial charge >= 0.3 is 0 Å². The summed E-state index contributed by atoms with van der Waals surface area (Å²) >= 11 is 0. The van der Waals surface area contributed by atoms with Crippen LogP contribution >= 0.6 is 0 Å². The fraction of sp³-hybridized carbons (Fsp3) is 0.250. The Bertz CT molecular complexity index is 173. The van der Waals surface area contributed by atoms with E-state index in [1.165, 1.54) is 0 Å². The summed E-state index contributed by atoms with van der Waals surface area (Å²) in [5, 5.41) is 0. The van der Waals surface area contributed by atoms with E-state index >= 15 is 0 Å². The first-order valence-corrected chi connectivity index (χ1v) is 2.19. The van der Waals surface area contributed by atoms with Crippen LogP contribution in [0, 0.1) is 42.4 Å². The van der Waals surface area contributed by atoms with Crippen LogP contribution in [-0.2, 0) is 0 Å². The maximum atomic E-state index is 4.97. The molecular formula is C8H6. The maximum absolute atomic E-state index is 4.97. The van der Waals surface area contributed by atoms with Crippen LogP contribution in [0.15, 0.2) is 0 Å². The molecule has 0 rings (SSSR count). The van der Waals surface area contributed by atoms with Crippen LogP contribution in [0.3, 0.4) is 0 Å². The number of hydrogen-bond acceptors (Lipinski definition) is 0. The van der Waals surface area contributed by atoms with Crippen LogP contribution in [0.1, 0.15) is 6.92 Å². The van der Waals surface area contributed by atoms with E-state index < -0.39 is 0 Å². The van der Waals surface area contributed by atoms with Gasteiger partial charge in [-0.1, -0.05) is 17.8 Å². The predicted octanol–water partition coefficient (Wildman–Crippen LogP) is 0.892. The molecule has 0 radical (unpaired) electrons. The van der Waals surface area contributed by atoms with Gasteiger partial charge in [-0.15, -0.1) is 18.8 Å². The Balaban J connectivity index is 3.95. The molecule has 0 saturated carbocycles. The van der Waals surface area contributed by atoms with E-state index in [-0.39, 0.29) is 5.92 Å². The van der Waals surface area contributed by atoms with Crippen molar-refractivity contribution in [2.24, 2.45) is 5.92 Å². The van der Waals surface area contributed by atoms with Crippen molar-refractivity contribution in [3.05, 3.63) is 0 Å². The molecule has 0 heteroatoms. The quantitative estimate of drug-likeness (QED) is 0.398. The summed E-state index contributed by atoms with van der Waals surface area (Å²) in [4.78, 5) is 0. The molecule has 0 aliphatic heterocycles. The maximum Gasteiger partial charge on any atom is 0.141 e. The SMILES string of the molecule is C#CC(C#C)C#CC. The summed E-state index contributed by atoms with van der Waals surface area (Å²) < 4.78 is 0. The van der Waals surface area contributed by atoms with Crippen LogP contribution in [0.25, 0.3) is 0 Å². The monoisotopic (exact) mass is 102 g/mol. The van der Waals surface area contributed by atoms with Gasteiger partial charge in [-0.25, -0.2) is 0 Å². The zero-order chi connectivity index (χ0) is 6.41. The second-order valence-corrected chi connectivity index (χ2v) is 1.16. The van der Waals surface area contributed by atoms with Gasteiger partial charge in [-0.2, -0.15) is 0 Å². The Morgan fingerprint density at radius 3 is 1.88 bits per heavy atom. The molecule has 0 saturated heterocycles. The molecule has 0 aromatic rings. The summed E-state index contributed by atoms with van der Waals surface area (Å²) in [6.45, 7) is 1.71. The summed E-state index contributed by atoms with van der Waals surface area (Å²) in [5.74, 6) is 9.67. The molecule has 0 aliphatic rings. The Morgan fingerprint density at radius 2 is 1.75 bits per heavy atom. The lowest BCUT2D eigenvalue weighted by Crippen LogP contribution is -1.84. The van der Waals surface area contributed by atoms with Crippen LogP contribution in [0.5, 0.6) is 0 Å². The third-order valence-corrected chi connectivity index (χ3v) is 0.622. The average molecular weight is 102 g/mol. The van der Waals surface area contributed by atoms with Gasteiger partial charge in [0.2, 0.25) is 0 Å². The average Bonchev–Trinajstić information content (AvgIpc) is 1.83. The largest absolute Gasteiger partial charge is 0.141 e. The van der Waals surface area contributed by atoms with Crippen LogP contribution in [0.4, 0.5) is 0 Å². The highest BCUT2D eigenvalue weighted by Crippen LogP contribution is 1.84. The van der Waals surface area contributed by atoms with Crippen molar-refractivity contribution in [2.45, 2.75) is 6.92 Å². The Morgan fingerprint density at radius 1 is 1.25 bits per heavy atom. The predicted molar refractivity (Wildman–Crippen MR) is 34.6 cm³/mol. The van der Waals surface area contributed by atoms with Crippen LogP contribution in [0.2, 0.25) is 0 Å². The molecule has 0 unspecified atom stereocenters. The molecule has 0 aromatic carbocycles. The lowest BCUT2D eigenvalue weighted by Gasteiger charge is -1.83. The standard InChI is InChI=1S/C8H6/c1-4-7-8(5-2)6-3/h2-3,8H,1H3. The van der Waals surface area contributed by atoms with Gasteiger partial charge < -0.3 is 0 Å². The highest BCUT2D eigenvalue weighted by Gasteiger charge is 1.86. The number of terminal acetylenes is 2. The summed E-state index contributed by atoms with van der Waals surface area (Å²) in [7, 11) is 0. The molecule has 0 bridgehead atoms. The minimum atomic E-state index is -0.306. The fourth-order valence-corrected chi connectivity index (χ4v) is 0.276. The lowest BCUT2D eigenvalue weighted by atomic mass is 10.2. The first kappa shape index (κ1) is 6.68. The van der Waals surface area contributed by atoms with Crippen LogP contribution in [-0.4, -0.2) is 0 Å². The smallest absolute Gasteiger partial charge is 0.118 e. The van der Waals surface area contributed by atoms with Crippen molar-refractivity contribution in [3.8, 4) is 36.5 Å². The summed E-state index contributed by atoms with van der Waals surface area (Å²) in [6, 6.07) is 0. The molecule has 0 spiro atoms. The zero-order valence-electron chi connectivity index (χ0n) is 4.73. The van der Waals surface area contributed by atoms with Crippen molar-refractivity contribution in [1.29, 1.82) is 0 Å². The van der Waals surface area contributed by atoms with Gasteiger partial charge in [-0.05, 0) is 6.92 Å². The first-order valence-electron chi connectivity index (χ1n) is 2.19. The van der Waals surface area contributed by atoms with Gasteiger partial charge in [0.1, 0.15) is 5.92 Å². The molecule has 0 N–H and O–H groups in total. The molecule has 0 fully saturated rings. The lowest BCUT2D eigenvalue weighted by molar-refractivity contribution is 1.24. The van der Waals surface area contributed by atoms with E-state index in [1.54, 1.807) is 6.92 Å². The van der Waals surface area contributed by atoms with E-state index in [1.807, 2.05) is 0 Å². The number of rotatable bonds is 0. The zero-order valence-corrected chi connectivity index (χ0v) is 4.73. The third kappa shape index (κ3) is 1.96. The van der Waals surface area contributed by atoms with Crippen molar-refractivity contribution < 1.29 is 0 Å². The van der Waals surface area contributed by atoms with E-state index in [9.17, 15) is 0 Å². The third-order valence-electron chi connectivity index (χ3n) is 0.622. The summed E-state index contributed by atoms with van der Waals surface area (Å²) in [5.41, 5.74) is 0. The second-order valence-electron chi connectivity index (χ2n) is 1.16. The molecule has 8 heavy (non-hydrogen) atoms. The van der Waals surface area contributed by atoms with E-state index in [4.69, 9.17) is 12.8 Å². The van der Waals surface area contributed by atoms with Gasteiger partial charge in [0, 0.05) is 0 Å². The van der Waals surface area contributed by atoms with E-state index in [0.29, 0.717) is 0 Å². The van der Waals surface area contributed by atoms with Gasteiger partial charge in [0.05, 0.1) is 0 Å². The minimum Gasteiger partial charge on any atom is -0.118 e. The minimum absolute atomic E-state index is 0.306. The van der Waals surface area contributed by atoms with Crippen LogP contribution < -0.4 is 0 Å². The molecule has 0 atom stereocenters. The van der Waals surface area contributed by atoms with Crippen molar-refractivity contribution in [1.82, 2.24) is 0 Å². The molecule has 0 aromatic heterocycles. The fourth-order valence-electron chi connectivity index (χ4n) is 0.276. The van der Waals surface area contributed by atoms with Gasteiger partial charge in [0.25, 0.3) is 0 Å². The van der Waals surface area contributed by atoms with Gasteiger partial charge in [-0.3, -0.25) is 0 Å². The van der Waals surface area contributed by atoms with Crippen molar-refractivity contribution in [2.75, 3.05) is 0 Å². The molecule has 0 aliphatic carbocycles. The molecule has 38 valence electrons. The first-order chi connectivity index (χ1) is 3.85. The number of hydrogen-bond donors (Lipinski definition) is 0. The Labute approximate surface area is 50.3 Å². The molecular weight excluding hydrogens is 96.1 g/mol. The van der Waals surface area contributed by atoms with Crippen molar-refractivity contribution >= 4 is 0 Å². The van der Waals surface area contributed by atoms with E-state index in [2.05, 4.69) is 23.7 Å². The van der Waals surface area contributed by atoms with Gasteiger partial charge in [0.15, 0.2) is 0 Å². The molecule has 0 nitrogen and oxygen atoms in total. The van der Waals surface area contributed by atoms with Crippen molar-refractivity contribution in [3.63, 3.8) is 0 Å². The summed E-state index contributed by atoms with van der Waals surface area (Å²) in [6.07, 6.45) is 9.95. The van der Waals surface area contributed by atoms with E-state index in [0.717, 1.165) is 0 Å². The Kier molecular flexibility index (Phi) is 3.22.